The lowest BCUT2D eigenvalue weighted by Crippen LogP contribution is -2.30. The van der Waals surface area contributed by atoms with Gasteiger partial charge in [-0.15, -0.1) is 11.3 Å². The summed E-state index contributed by atoms with van der Waals surface area (Å²) in [6.07, 6.45) is 1.74. The topological polar surface area (TPSA) is 75.4 Å². The van der Waals surface area contributed by atoms with Crippen LogP contribution in [-0.2, 0) is 4.79 Å². The Morgan fingerprint density at radius 3 is 2.57 bits per heavy atom. The highest BCUT2D eigenvalue weighted by molar-refractivity contribution is 7.12. The van der Waals surface area contributed by atoms with Crippen LogP contribution in [0.4, 0.5) is 0 Å². The Bertz CT molecular complexity index is 1010. The van der Waals surface area contributed by atoms with E-state index in [4.69, 9.17) is 0 Å². The molecule has 144 valence electrons. The molecule has 1 N–H and O–H groups in total. The predicted octanol–water partition coefficient (Wildman–Crippen LogP) is 3.49. The molecule has 0 spiro atoms. The molecule has 1 amide bonds. The number of aryl methyl sites for hydroxylation is 1. The van der Waals surface area contributed by atoms with Gasteiger partial charge in [0, 0.05) is 42.0 Å². The first kappa shape index (κ1) is 18.4. The SMILES string of the molecule is Cc1cc(C(=O)N2C[C@H](C(=O)O)[C@H](c3ccccc3)C2)c(C)n1-c1nccs1. The van der Waals surface area contributed by atoms with Crippen LogP contribution in [0.15, 0.2) is 48.0 Å². The van der Waals surface area contributed by atoms with Gasteiger partial charge in [0.1, 0.15) is 0 Å². The molecule has 0 unspecified atom stereocenters. The summed E-state index contributed by atoms with van der Waals surface area (Å²) in [4.78, 5) is 31.1. The van der Waals surface area contributed by atoms with Crippen LogP contribution < -0.4 is 0 Å². The first-order valence-corrected chi connectivity index (χ1v) is 10.0. The number of carboxylic acid groups (broad SMARTS) is 1. The molecule has 7 heteroatoms. The van der Waals surface area contributed by atoms with Gasteiger partial charge in [0.05, 0.1) is 11.5 Å². The molecule has 0 bridgehead atoms. The van der Waals surface area contributed by atoms with E-state index in [1.165, 1.54) is 11.3 Å². The highest BCUT2D eigenvalue weighted by atomic mass is 32.1. The van der Waals surface area contributed by atoms with Crippen molar-refractivity contribution in [2.45, 2.75) is 19.8 Å². The van der Waals surface area contributed by atoms with Crippen LogP contribution in [-0.4, -0.2) is 44.5 Å². The minimum absolute atomic E-state index is 0.124. The Balaban J connectivity index is 1.64. The van der Waals surface area contributed by atoms with Crippen LogP contribution in [0.25, 0.3) is 5.13 Å². The number of amides is 1. The summed E-state index contributed by atoms with van der Waals surface area (Å²) in [5.74, 6) is -1.79. The molecule has 0 aliphatic carbocycles. The van der Waals surface area contributed by atoms with E-state index < -0.39 is 11.9 Å². The van der Waals surface area contributed by atoms with E-state index in [2.05, 4.69) is 4.98 Å². The standard InChI is InChI=1S/C21H21N3O3S/c1-13-10-16(14(2)24(13)21-22-8-9-28-21)19(25)23-11-17(18(12-23)20(26)27)15-6-4-3-5-7-15/h3-10,17-18H,11-12H2,1-2H3,(H,26,27)/t17-,18-/m0/s1. The molecule has 2 aromatic heterocycles. The van der Waals surface area contributed by atoms with E-state index in [-0.39, 0.29) is 18.4 Å². The maximum absolute atomic E-state index is 13.3. The van der Waals surface area contributed by atoms with Gasteiger partial charge in [-0.05, 0) is 25.5 Å². The van der Waals surface area contributed by atoms with E-state index >= 15 is 0 Å². The summed E-state index contributed by atoms with van der Waals surface area (Å²) in [5.41, 5.74) is 3.32. The largest absolute Gasteiger partial charge is 0.481 e. The van der Waals surface area contributed by atoms with Crippen LogP contribution in [0.2, 0.25) is 0 Å². The van der Waals surface area contributed by atoms with Crippen LogP contribution in [0.5, 0.6) is 0 Å². The minimum atomic E-state index is -0.864. The summed E-state index contributed by atoms with van der Waals surface area (Å²) >= 11 is 1.51. The van der Waals surface area contributed by atoms with Gasteiger partial charge >= 0.3 is 5.97 Å². The second kappa shape index (κ2) is 7.24. The summed E-state index contributed by atoms with van der Waals surface area (Å²) in [6.45, 7) is 4.47. The lowest BCUT2D eigenvalue weighted by Gasteiger charge is -2.17. The molecule has 1 aromatic carbocycles. The first-order chi connectivity index (χ1) is 13.5. The monoisotopic (exact) mass is 395 g/mol. The van der Waals surface area contributed by atoms with Crippen molar-refractivity contribution in [1.29, 1.82) is 0 Å². The summed E-state index contributed by atoms with van der Waals surface area (Å²) < 4.78 is 1.97. The van der Waals surface area contributed by atoms with Crippen LogP contribution in [0.3, 0.4) is 0 Å². The number of carbonyl (C=O) groups excluding carboxylic acids is 1. The maximum Gasteiger partial charge on any atom is 0.308 e. The summed E-state index contributed by atoms with van der Waals surface area (Å²) in [5, 5.41) is 12.4. The highest BCUT2D eigenvalue weighted by Crippen LogP contribution is 2.34. The third-order valence-corrected chi connectivity index (χ3v) is 6.18. The maximum atomic E-state index is 13.3. The number of likely N-dealkylation sites (tertiary alicyclic amines) is 1. The molecule has 0 saturated carbocycles. The Morgan fingerprint density at radius 2 is 1.93 bits per heavy atom. The minimum Gasteiger partial charge on any atom is -0.481 e. The summed E-state index contributed by atoms with van der Waals surface area (Å²) in [6, 6.07) is 11.4. The number of hydrogen-bond acceptors (Lipinski definition) is 4. The lowest BCUT2D eigenvalue weighted by atomic mass is 9.89. The van der Waals surface area contributed by atoms with Crippen molar-refractivity contribution >= 4 is 23.2 Å². The zero-order valence-corrected chi connectivity index (χ0v) is 16.5. The normalized spacial score (nSPS) is 19.1. The van der Waals surface area contributed by atoms with Gasteiger partial charge in [-0.1, -0.05) is 30.3 Å². The lowest BCUT2D eigenvalue weighted by molar-refractivity contribution is -0.141. The van der Waals surface area contributed by atoms with Gasteiger partial charge in [0.25, 0.3) is 5.91 Å². The fraction of sp³-hybridized carbons (Fsp3) is 0.286. The third-order valence-electron chi connectivity index (χ3n) is 5.42. The van der Waals surface area contributed by atoms with Crippen molar-refractivity contribution in [3.8, 4) is 5.13 Å². The number of benzene rings is 1. The van der Waals surface area contributed by atoms with Crippen molar-refractivity contribution in [2.24, 2.45) is 5.92 Å². The van der Waals surface area contributed by atoms with E-state index in [1.807, 2.05) is 60.2 Å². The molecule has 4 rings (SSSR count). The Kier molecular flexibility index (Phi) is 4.77. The molecule has 6 nitrogen and oxygen atoms in total. The zero-order chi connectivity index (χ0) is 19.8. The molecule has 1 aliphatic rings. The number of thiazole rings is 1. The second-order valence-corrected chi connectivity index (χ2v) is 7.98. The molecule has 3 heterocycles. The number of nitrogens with zero attached hydrogens (tertiary/aromatic N) is 3. The van der Waals surface area contributed by atoms with E-state index in [0.29, 0.717) is 12.1 Å². The van der Waals surface area contributed by atoms with E-state index in [9.17, 15) is 14.7 Å². The highest BCUT2D eigenvalue weighted by Gasteiger charge is 2.41. The van der Waals surface area contributed by atoms with Crippen LogP contribution in [0, 0.1) is 19.8 Å². The smallest absolute Gasteiger partial charge is 0.308 e. The van der Waals surface area contributed by atoms with Crippen LogP contribution in [0.1, 0.15) is 33.2 Å². The fourth-order valence-corrected chi connectivity index (χ4v) is 4.78. The van der Waals surface area contributed by atoms with Crippen molar-refractivity contribution in [2.75, 3.05) is 13.1 Å². The van der Waals surface area contributed by atoms with Gasteiger partial charge in [-0.3, -0.25) is 14.2 Å². The number of hydrogen-bond donors (Lipinski definition) is 1. The van der Waals surface area contributed by atoms with E-state index in [0.717, 1.165) is 22.1 Å². The molecule has 28 heavy (non-hydrogen) atoms. The van der Waals surface area contributed by atoms with Gasteiger partial charge in [0.15, 0.2) is 5.13 Å². The first-order valence-electron chi connectivity index (χ1n) is 9.13. The van der Waals surface area contributed by atoms with Gasteiger partial charge in [-0.2, -0.15) is 0 Å². The molecule has 1 saturated heterocycles. The predicted molar refractivity (Wildman–Crippen MR) is 107 cm³/mol. The van der Waals surface area contributed by atoms with E-state index in [1.54, 1.807) is 11.1 Å². The Morgan fingerprint density at radius 1 is 1.18 bits per heavy atom. The Hall–Kier alpha value is -2.93. The number of aliphatic carboxylic acids is 1. The van der Waals surface area contributed by atoms with Gasteiger partial charge < -0.3 is 10.0 Å². The molecular formula is C21H21N3O3S. The second-order valence-electron chi connectivity index (χ2n) is 7.11. The summed E-state index contributed by atoms with van der Waals surface area (Å²) in [7, 11) is 0. The quantitative estimate of drug-likeness (QED) is 0.734. The fourth-order valence-electron chi connectivity index (χ4n) is 4.03. The molecule has 3 aromatic rings. The van der Waals surface area contributed by atoms with Gasteiger partial charge in [-0.25, -0.2) is 4.98 Å². The average Bonchev–Trinajstić information content (AvgIpc) is 3.41. The third kappa shape index (κ3) is 3.11. The molecule has 1 aliphatic heterocycles. The van der Waals surface area contributed by atoms with Gasteiger partial charge in [0.2, 0.25) is 0 Å². The molecule has 1 fully saturated rings. The number of carbonyl (C=O) groups is 2. The van der Waals surface area contributed by atoms with Crippen molar-refractivity contribution in [1.82, 2.24) is 14.5 Å². The number of carboxylic acids is 1. The molecule has 0 radical (unpaired) electrons. The molecule has 2 atom stereocenters. The average molecular weight is 395 g/mol. The van der Waals surface area contributed by atoms with Crippen molar-refractivity contribution in [3.05, 3.63) is 70.5 Å². The van der Waals surface area contributed by atoms with Crippen LogP contribution >= 0.6 is 11.3 Å². The number of aromatic nitrogens is 2. The number of rotatable bonds is 4. The van der Waals surface area contributed by atoms with Crippen molar-refractivity contribution in [3.63, 3.8) is 0 Å². The van der Waals surface area contributed by atoms with Crippen molar-refractivity contribution < 1.29 is 14.7 Å². The zero-order valence-electron chi connectivity index (χ0n) is 15.7. The Labute approximate surface area is 167 Å². The molecular weight excluding hydrogens is 374 g/mol.